The van der Waals surface area contributed by atoms with Gasteiger partial charge in [-0.1, -0.05) is 0 Å². The van der Waals surface area contributed by atoms with Gasteiger partial charge in [-0.2, -0.15) is 0 Å². The van der Waals surface area contributed by atoms with Gasteiger partial charge in [0.05, 0.1) is 0 Å². The van der Waals surface area contributed by atoms with Crippen molar-refractivity contribution in [1.82, 2.24) is 4.90 Å². The summed E-state index contributed by atoms with van der Waals surface area (Å²) in [5.41, 5.74) is 7.44. The van der Waals surface area contributed by atoms with Crippen molar-refractivity contribution in [3.63, 3.8) is 0 Å². The van der Waals surface area contributed by atoms with Gasteiger partial charge in [-0.15, -0.1) is 11.3 Å². The normalized spacial score (nSPS) is 27.2. The van der Waals surface area contributed by atoms with Crippen LogP contribution in [0.4, 0.5) is 0 Å². The van der Waals surface area contributed by atoms with Gasteiger partial charge in [-0.25, -0.2) is 0 Å². The smallest absolute Gasteiger partial charge is 0.0396 e. The molecule has 1 aliphatic heterocycles. The molecule has 1 aliphatic rings. The Hall–Kier alpha value is -0.380. The van der Waals surface area contributed by atoms with Crippen LogP contribution in [0, 0.1) is 19.8 Å². The van der Waals surface area contributed by atoms with Gasteiger partial charge in [0.25, 0.3) is 0 Å². The highest BCUT2D eigenvalue weighted by atomic mass is 32.1. The highest BCUT2D eigenvalue weighted by Gasteiger charge is 2.31. The predicted molar refractivity (Wildman–Crippen MR) is 70.9 cm³/mol. The lowest BCUT2D eigenvalue weighted by molar-refractivity contribution is 0.125. The van der Waals surface area contributed by atoms with Crippen LogP contribution in [-0.2, 0) is 0 Å². The van der Waals surface area contributed by atoms with Crippen LogP contribution in [0.25, 0.3) is 0 Å². The molecule has 0 spiro atoms. The largest absolute Gasteiger partial charge is 0.330 e. The summed E-state index contributed by atoms with van der Waals surface area (Å²) < 4.78 is 0. The van der Waals surface area contributed by atoms with Crippen molar-refractivity contribution in [2.75, 3.05) is 20.1 Å². The summed E-state index contributed by atoms with van der Waals surface area (Å²) in [6, 6.07) is 2.90. The second kappa shape index (κ2) is 4.86. The number of likely N-dealkylation sites (tertiary alicyclic amines) is 1. The van der Waals surface area contributed by atoms with E-state index in [1.807, 2.05) is 11.3 Å². The first kappa shape index (κ1) is 12.1. The average Bonchev–Trinajstić information content (AvgIpc) is 2.57. The van der Waals surface area contributed by atoms with Crippen LogP contribution in [0.15, 0.2) is 6.07 Å². The maximum absolute atomic E-state index is 5.93. The van der Waals surface area contributed by atoms with E-state index < -0.39 is 0 Å². The molecule has 1 saturated heterocycles. The van der Waals surface area contributed by atoms with Crippen molar-refractivity contribution in [1.29, 1.82) is 0 Å². The molecule has 2 rings (SSSR count). The number of nitrogens with two attached hydrogens (primary N) is 1. The molecule has 3 heteroatoms. The zero-order valence-corrected chi connectivity index (χ0v) is 11.3. The maximum Gasteiger partial charge on any atom is 0.0396 e. The lowest BCUT2D eigenvalue weighted by Gasteiger charge is -2.39. The summed E-state index contributed by atoms with van der Waals surface area (Å²) in [7, 11) is 2.24. The Morgan fingerprint density at radius 2 is 2.25 bits per heavy atom. The molecule has 0 aliphatic carbocycles. The first-order valence-corrected chi connectivity index (χ1v) is 6.92. The number of nitrogens with zero attached hydrogens (tertiary/aromatic N) is 1. The van der Waals surface area contributed by atoms with Crippen molar-refractivity contribution in [2.24, 2.45) is 11.7 Å². The monoisotopic (exact) mass is 238 g/mol. The molecule has 2 nitrogen and oxygen atoms in total. The fraction of sp³-hybridized carbons (Fsp3) is 0.692. The molecule has 0 aromatic carbocycles. The minimum Gasteiger partial charge on any atom is -0.330 e. The average molecular weight is 238 g/mol. The lowest BCUT2D eigenvalue weighted by Crippen LogP contribution is -2.39. The van der Waals surface area contributed by atoms with E-state index in [0.717, 1.165) is 6.54 Å². The summed E-state index contributed by atoms with van der Waals surface area (Å²) >= 11 is 1.91. The summed E-state index contributed by atoms with van der Waals surface area (Å²) in [5.74, 6) is 0.631. The number of rotatable bonds is 2. The van der Waals surface area contributed by atoms with Crippen molar-refractivity contribution in [3.8, 4) is 0 Å². The van der Waals surface area contributed by atoms with Gasteiger partial charge < -0.3 is 5.73 Å². The Bertz CT molecular complexity index is 359. The van der Waals surface area contributed by atoms with E-state index in [0.29, 0.717) is 12.0 Å². The van der Waals surface area contributed by atoms with Crippen molar-refractivity contribution < 1.29 is 0 Å². The molecule has 2 atom stereocenters. The maximum atomic E-state index is 5.93. The van der Waals surface area contributed by atoms with E-state index in [1.54, 1.807) is 0 Å². The zero-order valence-electron chi connectivity index (χ0n) is 10.5. The molecule has 90 valence electrons. The third kappa shape index (κ3) is 2.17. The minimum absolute atomic E-state index is 0.545. The molecule has 2 heterocycles. The van der Waals surface area contributed by atoms with Crippen LogP contribution in [0.1, 0.15) is 34.2 Å². The van der Waals surface area contributed by atoms with Crippen molar-refractivity contribution >= 4 is 11.3 Å². The molecule has 0 bridgehead atoms. The fourth-order valence-electron chi connectivity index (χ4n) is 2.94. The van der Waals surface area contributed by atoms with Gasteiger partial charge in [-0.3, -0.25) is 4.90 Å². The molecule has 2 unspecified atom stereocenters. The van der Waals surface area contributed by atoms with E-state index in [9.17, 15) is 0 Å². The predicted octanol–water partition coefficient (Wildman–Crippen LogP) is 2.71. The molecule has 1 fully saturated rings. The quantitative estimate of drug-likeness (QED) is 0.858. The second-order valence-corrected chi connectivity index (χ2v) is 6.39. The number of piperidine rings is 1. The molecule has 0 radical (unpaired) electrons. The van der Waals surface area contributed by atoms with E-state index in [2.05, 4.69) is 31.9 Å². The molecule has 0 saturated carbocycles. The molecular weight excluding hydrogens is 216 g/mol. The van der Waals surface area contributed by atoms with Crippen LogP contribution in [0.2, 0.25) is 0 Å². The third-order valence-electron chi connectivity index (χ3n) is 3.71. The Morgan fingerprint density at radius 1 is 1.50 bits per heavy atom. The Labute approximate surface area is 102 Å². The third-order valence-corrected chi connectivity index (χ3v) is 4.69. The van der Waals surface area contributed by atoms with Gasteiger partial charge in [0.2, 0.25) is 0 Å². The zero-order chi connectivity index (χ0) is 11.7. The van der Waals surface area contributed by atoms with E-state index in [1.165, 1.54) is 34.7 Å². The SMILES string of the molecule is Cc1cc(C2C(CN)CCCN2C)c(C)s1. The molecule has 2 N–H and O–H groups in total. The molecule has 1 aromatic heterocycles. The Kier molecular flexibility index (Phi) is 3.67. The number of thiophene rings is 1. The van der Waals surface area contributed by atoms with Crippen LogP contribution >= 0.6 is 11.3 Å². The summed E-state index contributed by atoms with van der Waals surface area (Å²) in [4.78, 5) is 5.37. The van der Waals surface area contributed by atoms with Gasteiger partial charge in [0, 0.05) is 15.8 Å². The summed E-state index contributed by atoms with van der Waals surface area (Å²) in [6.45, 7) is 6.45. The van der Waals surface area contributed by atoms with E-state index >= 15 is 0 Å². The molecular formula is C13H22N2S. The van der Waals surface area contributed by atoms with Gasteiger partial charge >= 0.3 is 0 Å². The van der Waals surface area contributed by atoms with Crippen LogP contribution in [0.3, 0.4) is 0 Å². The highest BCUT2D eigenvalue weighted by Crippen LogP contribution is 2.38. The van der Waals surface area contributed by atoms with Crippen LogP contribution in [0.5, 0.6) is 0 Å². The first-order chi connectivity index (χ1) is 7.63. The summed E-state index contributed by atoms with van der Waals surface area (Å²) in [5, 5.41) is 0. The Morgan fingerprint density at radius 3 is 2.81 bits per heavy atom. The first-order valence-electron chi connectivity index (χ1n) is 6.10. The summed E-state index contributed by atoms with van der Waals surface area (Å²) in [6.07, 6.45) is 2.57. The van der Waals surface area contributed by atoms with Gasteiger partial charge in [0.1, 0.15) is 0 Å². The topological polar surface area (TPSA) is 29.3 Å². The van der Waals surface area contributed by atoms with E-state index in [-0.39, 0.29) is 0 Å². The fourth-order valence-corrected chi connectivity index (χ4v) is 3.91. The molecule has 1 aromatic rings. The van der Waals surface area contributed by atoms with Crippen molar-refractivity contribution in [3.05, 3.63) is 21.4 Å². The number of hydrogen-bond acceptors (Lipinski definition) is 3. The Balaban J connectivity index is 2.31. The molecule has 0 amide bonds. The number of hydrogen-bond donors (Lipinski definition) is 1. The van der Waals surface area contributed by atoms with Crippen LogP contribution in [-0.4, -0.2) is 25.0 Å². The van der Waals surface area contributed by atoms with E-state index in [4.69, 9.17) is 5.73 Å². The second-order valence-electron chi connectivity index (χ2n) is 4.93. The van der Waals surface area contributed by atoms with Crippen LogP contribution < -0.4 is 5.73 Å². The van der Waals surface area contributed by atoms with Gasteiger partial charge in [-0.05, 0) is 64.4 Å². The van der Waals surface area contributed by atoms with Crippen molar-refractivity contribution in [2.45, 2.75) is 32.7 Å². The highest BCUT2D eigenvalue weighted by molar-refractivity contribution is 7.12. The van der Waals surface area contributed by atoms with Gasteiger partial charge in [0.15, 0.2) is 0 Å². The molecule has 16 heavy (non-hydrogen) atoms. The lowest BCUT2D eigenvalue weighted by atomic mass is 9.85. The standard InChI is InChI=1S/C13H22N2S/c1-9-7-12(10(2)16-9)13-11(8-14)5-4-6-15(13)3/h7,11,13H,4-6,8,14H2,1-3H3. The number of aryl methyl sites for hydroxylation is 2. The minimum atomic E-state index is 0.545.